The van der Waals surface area contributed by atoms with Crippen LogP contribution in [0.3, 0.4) is 0 Å². The van der Waals surface area contributed by atoms with E-state index in [-0.39, 0.29) is 17.5 Å². The Morgan fingerprint density at radius 2 is 2.09 bits per heavy atom. The highest BCUT2D eigenvalue weighted by Gasteiger charge is 2.40. The summed E-state index contributed by atoms with van der Waals surface area (Å²) in [6, 6.07) is 1.54. The third kappa shape index (κ3) is 3.70. The first-order valence-corrected chi connectivity index (χ1v) is 8.87. The van der Waals surface area contributed by atoms with E-state index < -0.39 is 5.91 Å². The first-order chi connectivity index (χ1) is 10.1. The Morgan fingerprint density at radius 3 is 2.64 bits per heavy atom. The molecule has 1 fully saturated rings. The van der Waals surface area contributed by atoms with Crippen molar-refractivity contribution >= 4 is 44.8 Å². The highest BCUT2D eigenvalue weighted by molar-refractivity contribution is 9.11. The molecule has 5 nitrogen and oxygen atoms in total. The Hall–Kier alpha value is -0.920. The number of likely N-dealkylation sites (tertiary alicyclic amines) is 1. The minimum Gasteiger partial charge on any atom is -0.365 e. The van der Waals surface area contributed by atoms with Gasteiger partial charge in [-0.2, -0.15) is 0 Å². The minimum atomic E-state index is -0.529. The summed E-state index contributed by atoms with van der Waals surface area (Å²) < 4.78 is 0.768. The van der Waals surface area contributed by atoms with Gasteiger partial charge in [0, 0.05) is 12.1 Å². The zero-order chi connectivity index (χ0) is 16.7. The minimum absolute atomic E-state index is 0.0749. The molecule has 1 aromatic heterocycles. The van der Waals surface area contributed by atoms with E-state index in [0.29, 0.717) is 16.5 Å². The number of hydrogen-bond acceptors (Lipinski definition) is 4. The molecule has 1 aliphatic rings. The lowest BCUT2D eigenvalue weighted by Crippen LogP contribution is -2.49. The Bertz CT molecular complexity index is 594. The Balaban J connectivity index is 2.20. The van der Waals surface area contributed by atoms with E-state index in [4.69, 9.17) is 5.73 Å². The van der Waals surface area contributed by atoms with Crippen LogP contribution in [0.4, 0.5) is 5.69 Å². The average Bonchev–Trinajstić information content (AvgIpc) is 2.92. The van der Waals surface area contributed by atoms with Crippen molar-refractivity contribution < 1.29 is 9.59 Å². The van der Waals surface area contributed by atoms with E-state index >= 15 is 0 Å². The second-order valence-electron chi connectivity index (χ2n) is 6.83. The fourth-order valence-electron chi connectivity index (χ4n) is 2.89. The van der Waals surface area contributed by atoms with E-state index in [2.05, 4.69) is 53.8 Å². The van der Waals surface area contributed by atoms with Gasteiger partial charge in [0.2, 0.25) is 5.91 Å². The second-order valence-corrected chi connectivity index (χ2v) is 9.26. The van der Waals surface area contributed by atoms with Gasteiger partial charge in [0.1, 0.15) is 4.88 Å². The van der Waals surface area contributed by atoms with Crippen molar-refractivity contribution in [2.45, 2.75) is 45.7 Å². The van der Waals surface area contributed by atoms with E-state index in [1.165, 1.54) is 11.3 Å². The quantitative estimate of drug-likeness (QED) is 0.836. The summed E-state index contributed by atoms with van der Waals surface area (Å²) in [5.74, 6) is -0.134. The molecule has 0 bridgehead atoms. The van der Waals surface area contributed by atoms with Gasteiger partial charge in [0.05, 0.1) is 15.5 Å². The predicted molar refractivity (Wildman–Crippen MR) is 93.2 cm³/mol. The molecule has 0 spiro atoms. The number of primary amides is 1. The van der Waals surface area contributed by atoms with Gasteiger partial charge in [-0.1, -0.05) is 6.92 Å². The number of anilines is 1. The Labute approximate surface area is 143 Å². The van der Waals surface area contributed by atoms with Crippen molar-refractivity contribution in [3.63, 3.8) is 0 Å². The topological polar surface area (TPSA) is 75.4 Å². The lowest BCUT2D eigenvalue weighted by atomic mass is 10.0. The van der Waals surface area contributed by atoms with Crippen LogP contribution >= 0.6 is 27.3 Å². The van der Waals surface area contributed by atoms with Crippen molar-refractivity contribution in [2.75, 3.05) is 11.9 Å². The molecule has 0 saturated carbocycles. The van der Waals surface area contributed by atoms with Gasteiger partial charge in [-0.05, 0) is 55.1 Å². The first kappa shape index (κ1) is 17.4. The average molecular weight is 388 g/mol. The number of carbonyl (C=O) groups is 2. The van der Waals surface area contributed by atoms with Crippen LogP contribution in [-0.2, 0) is 4.79 Å². The molecule has 1 aliphatic heterocycles. The highest BCUT2D eigenvalue weighted by Crippen LogP contribution is 2.33. The van der Waals surface area contributed by atoms with Crippen LogP contribution in [0, 0.1) is 5.92 Å². The summed E-state index contributed by atoms with van der Waals surface area (Å²) in [6.45, 7) is 9.39. The molecule has 2 rings (SSSR count). The number of nitrogens with two attached hydrogens (primary N) is 1. The first-order valence-electron chi connectivity index (χ1n) is 7.26. The molecule has 1 aromatic rings. The van der Waals surface area contributed by atoms with Crippen LogP contribution in [-0.4, -0.2) is 34.8 Å². The monoisotopic (exact) mass is 387 g/mol. The third-order valence-corrected chi connectivity index (χ3v) is 5.51. The standard InChI is InChI=1S/C15H22BrN3O2S/c1-8-5-10(19(7-8)15(2,3)4)14(21)18-9-6-11(16)22-12(9)13(17)20/h6,8,10H,5,7H2,1-4H3,(H2,17,20)(H,18,21)/t8-,10-/m0/s1. The van der Waals surface area contributed by atoms with E-state index in [1.807, 2.05) is 0 Å². The molecule has 2 heterocycles. The summed E-state index contributed by atoms with van der Waals surface area (Å²) in [7, 11) is 0. The van der Waals surface area contributed by atoms with Crippen LogP contribution in [0.15, 0.2) is 9.85 Å². The summed E-state index contributed by atoms with van der Waals surface area (Å²) in [4.78, 5) is 26.7. The lowest BCUT2D eigenvalue weighted by Gasteiger charge is -2.36. The number of hydrogen-bond donors (Lipinski definition) is 2. The van der Waals surface area contributed by atoms with Crippen molar-refractivity contribution in [3.8, 4) is 0 Å². The maximum Gasteiger partial charge on any atom is 0.260 e. The molecule has 3 N–H and O–H groups in total. The number of nitrogens with zero attached hydrogens (tertiary/aromatic N) is 1. The van der Waals surface area contributed by atoms with Gasteiger partial charge >= 0.3 is 0 Å². The van der Waals surface area contributed by atoms with Crippen molar-refractivity contribution in [1.29, 1.82) is 0 Å². The van der Waals surface area contributed by atoms with Crippen LogP contribution < -0.4 is 11.1 Å². The molecule has 0 aliphatic carbocycles. The molecule has 2 amide bonds. The molecule has 122 valence electrons. The molecule has 0 radical (unpaired) electrons. The van der Waals surface area contributed by atoms with Gasteiger partial charge in [-0.25, -0.2) is 0 Å². The largest absolute Gasteiger partial charge is 0.365 e. The summed E-state index contributed by atoms with van der Waals surface area (Å²) in [6.07, 6.45) is 0.820. The van der Waals surface area contributed by atoms with Crippen LogP contribution in [0.25, 0.3) is 0 Å². The molecule has 2 atom stereocenters. The normalized spacial score (nSPS) is 22.8. The van der Waals surface area contributed by atoms with Gasteiger partial charge in [0.25, 0.3) is 5.91 Å². The van der Waals surface area contributed by atoms with E-state index in [9.17, 15) is 9.59 Å². The third-order valence-electron chi connectivity index (χ3n) is 3.86. The van der Waals surface area contributed by atoms with Gasteiger partial charge < -0.3 is 11.1 Å². The molecule has 0 aromatic carbocycles. The van der Waals surface area contributed by atoms with Gasteiger partial charge in [0.15, 0.2) is 0 Å². The van der Waals surface area contributed by atoms with Gasteiger partial charge in [-0.3, -0.25) is 14.5 Å². The maximum absolute atomic E-state index is 12.7. The molecule has 1 saturated heterocycles. The zero-order valence-electron chi connectivity index (χ0n) is 13.3. The zero-order valence-corrected chi connectivity index (χ0v) is 15.7. The smallest absolute Gasteiger partial charge is 0.260 e. The Morgan fingerprint density at radius 1 is 1.45 bits per heavy atom. The summed E-state index contributed by atoms with van der Waals surface area (Å²) in [5.41, 5.74) is 5.78. The molecule has 7 heteroatoms. The van der Waals surface area contributed by atoms with E-state index in [1.54, 1.807) is 6.07 Å². The Kier molecular flexibility index (Phi) is 4.99. The molecular weight excluding hydrogens is 366 g/mol. The predicted octanol–water partition coefficient (Wildman–Crippen LogP) is 3.06. The van der Waals surface area contributed by atoms with Gasteiger partial charge in [-0.15, -0.1) is 11.3 Å². The van der Waals surface area contributed by atoms with Crippen molar-refractivity contribution in [2.24, 2.45) is 11.7 Å². The van der Waals surface area contributed by atoms with Crippen molar-refractivity contribution in [1.82, 2.24) is 4.90 Å². The molecule has 0 unspecified atom stereocenters. The van der Waals surface area contributed by atoms with E-state index in [0.717, 1.165) is 16.8 Å². The maximum atomic E-state index is 12.7. The lowest BCUT2D eigenvalue weighted by molar-refractivity contribution is -0.121. The molecular formula is C15H22BrN3O2S. The fourth-order valence-corrected chi connectivity index (χ4v) is 4.30. The van der Waals surface area contributed by atoms with Crippen molar-refractivity contribution in [3.05, 3.63) is 14.7 Å². The number of carbonyl (C=O) groups excluding carboxylic acids is 2. The summed E-state index contributed by atoms with van der Waals surface area (Å²) >= 11 is 4.55. The van der Waals surface area contributed by atoms with Crippen LogP contribution in [0.5, 0.6) is 0 Å². The number of thiophene rings is 1. The van der Waals surface area contributed by atoms with Crippen LogP contribution in [0.2, 0.25) is 0 Å². The number of halogens is 1. The second kappa shape index (κ2) is 6.29. The van der Waals surface area contributed by atoms with Crippen LogP contribution in [0.1, 0.15) is 43.8 Å². The fraction of sp³-hybridized carbons (Fsp3) is 0.600. The highest BCUT2D eigenvalue weighted by atomic mass is 79.9. The number of amides is 2. The number of nitrogens with one attached hydrogen (secondary N) is 1. The number of rotatable bonds is 3. The SMILES string of the molecule is C[C@H]1C[C@@H](C(=O)Nc2cc(Br)sc2C(N)=O)N(C(C)(C)C)C1. The molecule has 22 heavy (non-hydrogen) atoms. The summed E-state index contributed by atoms with van der Waals surface area (Å²) in [5, 5.41) is 2.88.